The van der Waals surface area contributed by atoms with Crippen LogP contribution in [0.5, 0.6) is 0 Å². The van der Waals surface area contributed by atoms with Gasteiger partial charge in [0.1, 0.15) is 17.7 Å². The Morgan fingerprint density at radius 2 is 1.88 bits per heavy atom. The van der Waals surface area contributed by atoms with Crippen molar-refractivity contribution < 1.29 is 4.79 Å². The van der Waals surface area contributed by atoms with E-state index in [1.54, 1.807) is 18.2 Å². The number of nitriles is 2. The first kappa shape index (κ1) is 16.3. The Morgan fingerprint density at radius 1 is 1.17 bits per heavy atom. The molecule has 0 fully saturated rings. The van der Waals surface area contributed by atoms with E-state index in [1.807, 2.05) is 36.4 Å². The van der Waals surface area contributed by atoms with Gasteiger partial charge in [-0.2, -0.15) is 10.5 Å². The molecule has 1 amide bonds. The van der Waals surface area contributed by atoms with E-state index in [1.165, 1.54) is 4.90 Å². The van der Waals surface area contributed by atoms with Crippen LogP contribution in [0.2, 0.25) is 5.02 Å². The highest BCUT2D eigenvalue weighted by Crippen LogP contribution is 2.41. The van der Waals surface area contributed by atoms with Gasteiger partial charge in [-0.25, -0.2) is 0 Å². The van der Waals surface area contributed by atoms with Crippen molar-refractivity contribution in [2.24, 2.45) is 0 Å². The zero-order valence-electron chi connectivity index (χ0n) is 12.3. The number of carbonyl (C=O) groups excluding carboxylic acids is 1. The van der Waals surface area contributed by atoms with Crippen LogP contribution in [0.25, 0.3) is 5.57 Å². The van der Waals surface area contributed by atoms with Gasteiger partial charge in [0.15, 0.2) is 0 Å². The second-order valence-electron chi connectivity index (χ2n) is 5.12. The fourth-order valence-electron chi connectivity index (χ4n) is 2.64. The lowest BCUT2D eigenvalue weighted by molar-refractivity contribution is -0.113. The van der Waals surface area contributed by atoms with Crippen molar-refractivity contribution >= 4 is 44.7 Å². The average Bonchev–Trinajstić information content (AvgIpc) is 2.83. The molecule has 4 nitrogen and oxygen atoms in total. The van der Waals surface area contributed by atoms with Crippen molar-refractivity contribution in [3.63, 3.8) is 0 Å². The van der Waals surface area contributed by atoms with Gasteiger partial charge in [0.05, 0.1) is 17.8 Å². The molecule has 0 atom stereocenters. The van der Waals surface area contributed by atoms with Crippen LogP contribution in [-0.2, 0) is 11.3 Å². The molecule has 0 spiro atoms. The van der Waals surface area contributed by atoms with Gasteiger partial charge in [-0.1, -0.05) is 45.7 Å². The van der Waals surface area contributed by atoms with Crippen LogP contribution in [0, 0.1) is 22.7 Å². The molecule has 1 aliphatic heterocycles. The van der Waals surface area contributed by atoms with Gasteiger partial charge < -0.3 is 4.90 Å². The molecule has 0 saturated heterocycles. The van der Waals surface area contributed by atoms with Crippen molar-refractivity contribution in [2.75, 3.05) is 4.90 Å². The fraction of sp³-hybridized carbons (Fsp3) is 0.0556. The van der Waals surface area contributed by atoms with Crippen LogP contribution in [0.15, 0.2) is 52.5 Å². The van der Waals surface area contributed by atoms with Crippen LogP contribution < -0.4 is 4.90 Å². The van der Waals surface area contributed by atoms with E-state index in [-0.39, 0.29) is 23.6 Å². The normalized spacial score (nSPS) is 12.6. The molecule has 1 heterocycles. The number of carbonyl (C=O) groups is 1. The zero-order chi connectivity index (χ0) is 17.3. The summed E-state index contributed by atoms with van der Waals surface area (Å²) in [5.74, 6) is -0.374. The number of nitrogens with zero attached hydrogens (tertiary/aromatic N) is 3. The van der Waals surface area contributed by atoms with Crippen LogP contribution in [0.3, 0.4) is 0 Å². The topological polar surface area (TPSA) is 67.9 Å². The third-order valence-corrected chi connectivity index (χ3v) is 4.60. The second-order valence-corrected chi connectivity index (χ2v) is 6.44. The summed E-state index contributed by atoms with van der Waals surface area (Å²) >= 11 is 9.56. The van der Waals surface area contributed by atoms with Gasteiger partial charge in [0, 0.05) is 15.1 Å². The first-order valence-electron chi connectivity index (χ1n) is 6.96. The molecule has 2 aromatic carbocycles. The number of allylic oxidation sites excluding steroid dienone is 1. The van der Waals surface area contributed by atoms with E-state index < -0.39 is 0 Å². The third-order valence-electron chi connectivity index (χ3n) is 3.74. The Morgan fingerprint density at radius 3 is 2.54 bits per heavy atom. The minimum absolute atomic E-state index is 0.128. The van der Waals surface area contributed by atoms with Gasteiger partial charge in [-0.3, -0.25) is 4.79 Å². The number of fused-ring (bicyclic) bond motifs is 1. The molecule has 3 rings (SSSR count). The van der Waals surface area contributed by atoms with Crippen LogP contribution >= 0.6 is 27.5 Å². The predicted octanol–water partition coefficient (Wildman–Crippen LogP) is 4.45. The molecule has 0 unspecified atom stereocenters. The highest BCUT2D eigenvalue weighted by Gasteiger charge is 2.35. The lowest BCUT2D eigenvalue weighted by Gasteiger charge is -2.18. The predicted molar refractivity (Wildman–Crippen MR) is 94.9 cm³/mol. The van der Waals surface area contributed by atoms with Crippen molar-refractivity contribution in [2.45, 2.75) is 6.54 Å². The van der Waals surface area contributed by atoms with Gasteiger partial charge >= 0.3 is 0 Å². The highest BCUT2D eigenvalue weighted by molar-refractivity contribution is 9.10. The van der Waals surface area contributed by atoms with Crippen molar-refractivity contribution in [1.29, 1.82) is 10.5 Å². The molecule has 116 valence electrons. The Labute approximate surface area is 152 Å². The lowest BCUT2D eigenvalue weighted by atomic mass is 10.0. The number of amides is 1. The smallest absolute Gasteiger partial charge is 0.261 e. The zero-order valence-corrected chi connectivity index (χ0v) is 14.6. The van der Waals surface area contributed by atoms with Gasteiger partial charge in [-0.05, 0) is 29.8 Å². The molecule has 0 saturated carbocycles. The van der Waals surface area contributed by atoms with Crippen LogP contribution in [0.1, 0.15) is 11.1 Å². The van der Waals surface area contributed by atoms with Gasteiger partial charge in [0.2, 0.25) is 0 Å². The fourth-order valence-corrected chi connectivity index (χ4v) is 3.19. The summed E-state index contributed by atoms with van der Waals surface area (Å²) < 4.78 is 0.765. The number of anilines is 1. The Kier molecular flexibility index (Phi) is 4.40. The molecule has 6 heteroatoms. The molecule has 1 aliphatic rings. The monoisotopic (exact) mass is 397 g/mol. The quantitative estimate of drug-likeness (QED) is 0.554. The summed E-state index contributed by atoms with van der Waals surface area (Å²) in [4.78, 5) is 14.4. The van der Waals surface area contributed by atoms with E-state index in [2.05, 4.69) is 15.9 Å². The first-order valence-corrected chi connectivity index (χ1v) is 8.13. The molecule has 0 aliphatic carbocycles. The number of halogens is 2. The molecule has 0 N–H and O–H groups in total. The maximum atomic E-state index is 12.9. The van der Waals surface area contributed by atoms with E-state index >= 15 is 0 Å². The Bertz CT molecular complexity index is 953. The summed E-state index contributed by atoms with van der Waals surface area (Å²) in [5, 5.41) is 18.9. The third kappa shape index (κ3) is 2.69. The molecular weight excluding hydrogens is 390 g/mol. The number of rotatable bonds is 2. The first-order chi connectivity index (χ1) is 11.6. The van der Waals surface area contributed by atoms with Gasteiger partial charge in [0.25, 0.3) is 5.91 Å². The summed E-state index contributed by atoms with van der Waals surface area (Å²) in [7, 11) is 0. The molecule has 0 bridgehead atoms. The molecule has 0 radical (unpaired) electrons. The van der Waals surface area contributed by atoms with Crippen molar-refractivity contribution in [3.8, 4) is 12.1 Å². The second kappa shape index (κ2) is 6.49. The van der Waals surface area contributed by atoms with Gasteiger partial charge in [-0.15, -0.1) is 0 Å². The SMILES string of the molecule is N#CC(C#N)=C1C(=O)N(Cc2ccccc2Cl)c2ccc(Br)cc21. The lowest BCUT2D eigenvalue weighted by Crippen LogP contribution is -2.26. The highest BCUT2D eigenvalue weighted by atomic mass is 79.9. The minimum Gasteiger partial charge on any atom is -0.303 e. The number of hydrogen-bond acceptors (Lipinski definition) is 3. The summed E-state index contributed by atoms with van der Waals surface area (Å²) in [6, 6.07) is 16.2. The maximum absolute atomic E-state index is 12.9. The summed E-state index contributed by atoms with van der Waals surface area (Å²) in [5.41, 5.74) is 1.95. The van der Waals surface area contributed by atoms with E-state index in [0.717, 1.165) is 10.0 Å². The minimum atomic E-state index is -0.374. The van der Waals surface area contributed by atoms with E-state index in [4.69, 9.17) is 11.6 Å². The standard InChI is InChI=1S/C18H9BrClN3O/c19-13-5-6-16-14(7-13)17(12(8-21)9-22)18(24)23(16)10-11-3-1-2-4-15(11)20/h1-7H,10H2. The Hall–Kier alpha value is -2.60. The van der Waals surface area contributed by atoms with E-state index in [9.17, 15) is 15.3 Å². The Balaban J connectivity index is 2.16. The summed E-state index contributed by atoms with van der Waals surface area (Å²) in [6.45, 7) is 0.265. The van der Waals surface area contributed by atoms with Crippen LogP contribution in [0.4, 0.5) is 5.69 Å². The largest absolute Gasteiger partial charge is 0.303 e. The van der Waals surface area contributed by atoms with Crippen molar-refractivity contribution in [3.05, 3.63) is 68.7 Å². The maximum Gasteiger partial charge on any atom is 0.261 e. The number of benzene rings is 2. The van der Waals surface area contributed by atoms with E-state index in [0.29, 0.717) is 16.3 Å². The average molecular weight is 399 g/mol. The molecule has 0 aromatic heterocycles. The molecular formula is C18H9BrClN3O. The van der Waals surface area contributed by atoms with Crippen molar-refractivity contribution in [1.82, 2.24) is 0 Å². The molecule has 2 aromatic rings. The summed E-state index contributed by atoms with van der Waals surface area (Å²) in [6.07, 6.45) is 0. The van der Waals surface area contributed by atoms with Crippen LogP contribution in [-0.4, -0.2) is 5.91 Å². The molecule has 24 heavy (non-hydrogen) atoms. The number of hydrogen-bond donors (Lipinski definition) is 0.